The van der Waals surface area contributed by atoms with E-state index in [1.165, 1.54) is 6.33 Å². The second kappa shape index (κ2) is 5.69. The van der Waals surface area contributed by atoms with Gasteiger partial charge in [0.2, 0.25) is 5.95 Å². The van der Waals surface area contributed by atoms with E-state index in [9.17, 15) is 4.79 Å². The number of aromatic nitrogens is 3. The summed E-state index contributed by atoms with van der Waals surface area (Å²) in [4.78, 5) is 17.6. The van der Waals surface area contributed by atoms with Gasteiger partial charge < -0.3 is 10.1 Å². The summed E-state index contributed by atoms with van der Waals surface area (Å²) in [5, 5.41) is 9.35. The van der Waals surface area contributed by atoms with Gasteiger partial charge >= 0.3 is 5.97 Å². The third-order valence-corrected chi connectivity index (χ3v) is 4.19. The fourth-order valence-corrected chi connectivity index (χ4v) is 3.16. The van der Waals surface area contributed by atoms with Crippen LogP contribution in [0.25, 0.3) is 0 Å². The molecule has 0 amide bonds. The Bertz CT molecular complexity index is 675. The standard InChI is InChI=1S/C14H16N4O2S/c1-3-6-20-13(19)11-9(2)17-14-15-8-16-18(14)12(11)10-5-4-7-21-10/h4-5,7-8,12H,3,6H2,1-2H3,(H,15,16,17)/t12-/m1/s1. The molecule has 3 rings (SSSR count). The van der Waals surface area contributed by atoms with Crippen LogP contribution >= 0.6 is 11.3 Å². The topological polar surface area (TPSA) is 69.0 Å². The van der Waals surface area contributed by atoms with Gasteiger partial charge in [-0.1, -0.05) is 13.0 Å². The third-order valence-electron chi connectivity index (χ3n) is 3.26. The van der Waals surface area contributed by atoms with E-state index in [4.69, 9.17) is 4.74 Å². The van der Waals surface area contributed by atoms with Gasteiger partial charge in [0.05, 0.1) is 12.2 Å². The molecule has 0 aliphatic carbocycles. The molecular formula is C14H16N4O2S. The van der Waals surface area contributed by atoms with Gasteiger partial charge in [0, 0.05) is 10.6 Å². The Morgan fingerprint density at radius 1 is 1.57 bits per heavy atom. The first-order valence-electron chi connectivity index (χ1n) is 6.80. The van der Waals surface area contributed by atoms with Crippen LogP contribution < -0.4 is 5.32 Å². The first-order chi connectivity index (χ1) is 10.2. The molecule has 0 saturated heterocycles. The van der Waals surface area contributed by atoms with Crippen molar-refractivity contribution in [3.63, 3.8) is 0 Å². The largest absolute Gasteiger partial charge is 0.462 e. The third kappa shape index (κ3) is 2.44. The van der Waals surface area contributed by atoms with Gasteiger partial charge in [-0.15, -0.1) is 11.3 Å². The van der Waals surface area contributed by atoms with Crippen LogP contribution in [-0.2, 0) is 9.53 Å². The molecule has 0 saturated carbocycles. The highest BCUT2D eigenvalue weighted by Gasteiger charge is 2.34. The van der Waals surface area contributed by atoms with Crippen molar-refractivity contribution in [2.45, 2.75) is 26.3 Å². The van der Waals surface area contributed by atoms with E-state index in [-0.39, 0.29) is 12.0 Å². The molecule has 7 heteroatoms. The van der Waals surface area contributed by atoms with E-state index in [2.05, 4.69) is 15.4 Å². The van der Waals surface area contributed by atoms with E-state index in [0.29, 0.717) is 18.1 Å². The van der Waals surface area contributed by atoms with Crippen molar-refractivity contribution in [1.29, 1.82) is 0 Å². The van der Waals surface area contributed by atoms with Crippen molar-refractivity contribution in [2.75, 3.05) is 11.9 Å². The second-order valence-electron chi connectivity index (χ2n) is 4.75. The summed E-state index contributed by atoms with van der Waals surface area (Å²) in [6.07, 6.45) is 2.28. The minimum atomic E-state index is -0.304. The van der Waals surface area contributed by atoms with Crippen LogP contribution in [-0.4, -0.2) is 27.3 Å². The maximum absolute atomic E-state index is 12.4. The summed E-state index contributed by atoms with van der Waals surface area (Å²) in [7, 11) is 0. The van der Waals surface area contributed by atoms with Gasteiger partial charge in [0.15, 0.2) is 0 Å². The van der Waals surface area contributed by atoms with E-state index < -0.39 is 0 Å². The molecule has 1 aliphatic heterocycles. The molecule has 1 atom stereocenters. The maximum Gasteiger partial charge on any atom is 0.338 e. The summed E-state index contributed by atoms with van der Waals surface area (Å²) < 4.78 is 7.05. The number of hydrogen-bond donors (Lipinski definition) is 1. The zero-order valence-corrected chi connectivity index (χ0v) is 12.7. The quantitative estimate of drug-likeness (QED) is 0.879. The van der Waals surface area contributed by atoms with Gasteiger partial charge in [-0.25, -0.2) is 9.48 Å². The number of carbonyl (C=O) groups excluding carboxylic acids is 1. The fourth-order valence-electron chi connectivity index (χ4n) is 2.34. The number of rotatable bonds is 4. The maximum atomic E-state index is 12.4. The number of fused-ring (bicyclic) bond motifs is 1. The lowest BCUT2D eigenvalue weighted by atomic mass is 10.0. The summed E-state index contributed by atoms with van der Waals surface area (Å²) in [6.45, 7) is 4.25. The van der Waals surface area contributed by atoms with Crippen molar-refractivity contribution >= 4 is 23.3 Å². The average Bonchev–Trinajstić information content (AvgIpc) is 3.13. The van der Waals surface area contributed by atoms with Gasteiger partial charge in [-0.3, -0.25) is 0 Å². The number of esters is 1. The number of nitrogens with one attached hydrogen (secondary N) is 1. The molecular weight excluding hydrogens is 288 g/mol. The van der Waals surface area contributed by atoms with E-state index in [0.717, 1.165) is 17.0 Å². The van der Waals surface area contributed by atoms with Crippen molar-refractivity contribution in [2.24, 2.45) is 0 Å². The predicted molar refractivity (Wildman–Crippen MR) is 80.1 cm³/mol. The van der Waals surface area contributed by atoms with E-state index in [1.54, 1.807) is 16.0 Å². The molecule has 0 aromatic carbocycles. The summed E-state index contributed by atoms with van der Waals surface area (Å²) in [5.74, 6) is 0.333. The van der Waals surface area contributed by atoms with Crippen LogP contribution in [0.5, 0.6) is 0 Å². The summed E-state index contributed by atoms with van der Waals surface area (Å²) in [5.41, 5.74) is 1.35. The Morgan fingerprint density at radius 2 is 2.43 bits per heavy atom. The van der Waals surface area contributed by atoms with Crippen LogP contribution in [0.2, 0.25) is 0 Å². The lowest BCUT2D eigenvalue weighted by Crippen LogP contribution is -2.29. The Morgan fingerprint density at radius 3 is 3.14 bits per heavy atom. The predicted octanol–water partition coefficient (Wildman–Crippen LogP) is 2.58. The van der Waals surface area contributed by atoms with Crippen molar-refractivity contribution in [3.8, 4) is 0 Å². The van der Waals surface area contributed by atoms with Gasteiger partial charge in [-0.05, 0) is 24.8 Å². The van der Waals surface area contributed by atoms with Crippen molar-refractivity contribution in [3.05, 3.63) is 40.0 Å². The van der Waals surface area contributed by atoms with E-state index in [1.807, 2.05) is 31.4 Å². The first-order valence-corrected chi connectivity index (χ1v) is 7.68. The average molecular weight is 304 g/mol. The first kappa shape index (κ1) is 13.8. The van der Waals surface area contributed by atoms with Crippen molar-refractivity contribution < 1.29 is 9.53 Å². The molecule has 0 unspecified atom stereocenters. The number of hydrogen-bond acceptors (Lipinski definition) is 6. The number of nitrogens with zero attached hydrogens (tertiary/aromatic N) is 3. The number of anilines is 1. The summed E-state index contributed by atoms with van der Waals surface area (Å²) >= 11 is 1.59. The van der Waals surface area contributed by atoms with Gasteiger partial charge in [-0.2, -0.15) is 10.1 Å². The van der Waals surface area contributed by atoms with Gasteiger partial charge in [0.1, 0.15) is 12.4 Å². The van der Waals surface area contributed by atoms with Crippen LogP contribution in [0.1, 0.15) is 31.2 Å². The molecule has 21 heavy (non-hydrogen) atoms. The fraction of sp³-hybridized carbons (Fsp3) is 0.357. The molecule has 2 aromatic heterocycles. The minimum Gasteiger partial charge on any atom is -0.462 e. The Hall–Kier alpha value is -2.15. The Balaban J connectivity index is 2.04. The number of allylic oxidation sites excluding steroid dienone is 1. The van der Waals surface area contributed by atoms with Crippen LogP contribution in [0.4, 0.5) is 5.95 Å². The highest BCUT2D eigenvalue weighted by Crippen LogP contribution is 2.36. The molecule has 2 aromatic rings. The molecule has 1 N–H and O–H groups in total. The molecule has 1 aliphatic rings. The lowest BCUT2D eigenvalue weighted by molar-refractivity contribution is -0.139. The molecule has 3 heterocycles. The monoisotopic (exact) mass is 304 g/mol. The molecule has 110 valence electrons. The van der Waals surface area contributed by atoms with Crippen molar-refractivity contribution in [1.82, 2.24) is 14.8 Å². The molecule has 0 radical (unpaired) electrons. The lowest BCUT2D eigenvalue weighted by Gasteiger charge is -2.27. The Labute approximate surface area is 126 Å². The van der Waals surface area contributed by atoms with E-state index >= 15 is 0 Å². The minimum absolute atomic E-state index is 0.284. The molecule has 0 fully saturated rings. The molecule has 0 spiro atoms. The number of thiophene rings is 1. The molecule has 6 nitrogen and oxygen atoms in total. The number of ether oxygens (including phenoxy) is 1. The normalized spacial score (nSPS) is 17.3. The highest BCUT2D eigenvalue weighted by atomic mass is 32.1. The Kier molecular flexibility index (Phi) is 3.74. The smallest absolute Gasteiger partial charge is 0.338 e. The zero-order valence-electron chi connectivity index (χ0n) is 11.9. The number of carbonyl (C=O) groups is 1. The second-order valence-corrected chi connectivity index (χ2v) is 5.73. The van der Waals surface area contributed by atoms with Crippen LogP contribution in [0.3, 0.4) is 0 Å². The summed E-state index contributed by atoms with van der Waals surface area (Å²) in [6, 6.07) is 3.67. The molecule has 0 bridgehead atoms. The highest BCUT2D eigenvalue weighted by molar-refractivity contribution is 7.10. The SMILES string of the molecule is CCCOC(=O)C1=C(C)Nc2ncnn2[C@@H]1c1cccs1. The van der Waals surface area contributed by atoms with Crippen LogP contribution in [0.15, 0.2) is 35.1 Å². The zero-order chi connectivity index (χ0) is 14.8. The van der Waals surface area contributed by atoms with Gasteiger partial charge in [0.25, 0.3) is 0 Å². The van der Waals surface area contributed by atoms with Crippen LogP contribution in [0, 0.1) is 0 Å².